The Balaban J connectivity index is 4.56. The maximum atomic E-state index is 12.7. The zero-order chi connectivity index (χ0) is 35.1. The molecule has 8 nitrogen and oxygen atoms in total. The molecule has 3 unspecified atom stereocenters. The van der Waals surface area contributed by atoms with Crippen LogP contribution in [-0.2, 0) is 18.4 Å². The van der Waals surface area contributed by atoms with Crippen molar-refractivity contribution in [3.8, 4) is 0 Å². The van der Waals surface area contributed by atoms with Crippen molar-refractivity contribution in [1.29, 1.82) is 0 Å². The van der Waals surface area contributed by atoms with Gasteiger partial charge in [0, 0.05) is 6.42 Å². The minimum atomic E-state index is -4.58. The van der Waals surface area contributed by atoms with Gasteiger partial charge in [-0.3, -0.25) is 9.36 Å². The third kappa shape index (κ3) is 33.3. The van der Waals surface area contributed by atoms with Crippen LogP contribution in [0.25, 0.3) is 0 Å². The Kier molecular flexibility index (Phi) is 30.3. The molecule has 0 aromatic carbocycles. The van der Waals surface area contributed by atoms with Gasteiger partial charge in [-0.1, -0.05) is 134 Å². The lowest BCUT2D eigenvalue weighted by molar-refractivity contribution is -0.870. The number of aliphatic hydroxyl groups is 1. The van der Waals surface area contributed by atoms with Crippen LogP contribution in [0.5, 0.6) is 0 Å². The summed E-state index contributed by atoms with van der Waals surface area (Å²) in [6.07, 6.45) is 33.5. The molecule has 1 amide bonds. The first-order valence-electron chi connectivity index (χ1n) is 19.2. The van der Waals surface area contributed by atoms with Gasteiger partial charge in [-0.05, 0) is 44.9 Å². The first kappa shape index (κ1) is 46.0. The van der Waals surface area contributed by atoms with E-state index in [-0.39, 0.29) is 19.1 Å². The zero-order valence-electron chi connectivity index (χ0n) is 31.2. The number of hydrogen-bond acceptors (Lipinski definition) is 6. The number of phosphoric ester groups is 1. The van der Waals surface area contributed by atoms with Crippen LogP contribution in [0.15, 0.2) is 24.3 Å². The molecule has 9 heteroatoms. The zero-order valence-corrected chi connectivity index (χ0v) is 32.1. The third-order valence-electron chi connectivity index (χ3n) is 8.41. The van der Waals surface area contributed by atoms with Crippen LogP contribution in [0.1, 0.15) is 162 Å². The highest BCUT2D eigenvalue weighted by Crippen LogP contribution is 2.38. The number of unbranched alkanes of at least 4 members (excludes halogenated alkanes) is 19. The fraction of sp³-hybridized carbons (Fsp3) is 0.868. The molecule has 2 N–H and O–H groups in total. The number of aliphatic hydroxyl groups excluding tert-OH is 1. The summed E-state index contributed by atoms with van der Waals surface area (Å²) in [4.78, 5) is 25.1. The minimum absolute atomic E-state index is 0.00202. The number of rotatable bonds is 34. The van der Waals surface area contributed by atoms with Crippen molar-refractivity contribution in [1.82, 2.24) is 5.32 Å². The quantitative estimate of drug-likeness (QED) is 0.0303. The Hall–Kier alpha value is -1.02. The topological polar surface area (TPSA) is 108 Å². The number of amides is 1. The van der Waals surface area contributed by atoms with E-state index in [0.717, 1.165) is 51.4 Å². The number of nitrogens with one attached hydrogen (secondary N) is 1. The van der Waals surface area contributed by atoms with Gasteiger partial charge in [0.05, 0.1) is 39.9 Å². The smallest absolute Gasteiger partial charge is 0.268 e. The lowest BCUT2D eigenvalue weighted by Crippen LogP contribution is -2.45. The van der Waals surface area contributed by atoms with Gasteiger partial charge < -0.3 is 28.8 Å². The molecule has 0 heterocycles. The summed E-state index contributed by atoms with van der Waals surface area (Å²) in [5.74, 6) is -0.210. The normalized spacial score (nSPS) is 15.0. The monoisotopic (exact) mass is 687 g/mol. The Morgan fingerprint density at radius 3 is 1.70 bits per heavy atom. The summed E-state index contributed by atoms with van der Waals surface area (Å²) < 4.78 is 23.1. The van der Waals surface area contributed by atoms with E-state index in [1.807, 2.05) is 27.2 Å². The second kappa shape index (κ2) is 31.0. The molecular formula is C38H75N2O6P. The number of nitrogens with zero attached hydrogens (tertiary/aromatic N) is 1. The summed E-state index contributed by atoms with van der Waals surface area (Å²) >= 11 is 0. The Bertz CT molecular complexity index is 829. The molecule has 0 aliphatic heterocycles. The molecule has 0 bridgehead atoms. The van der Waals surface area contributed by atoms with Crippen LogP contribution >= 0.6 is 7.82 Å². The van der Waals surface area contributed by atoms with Gasteiger partial charge in [-0.25, -0.2) is 0 Å². The van der Waals surface area contributed by atoms with Gasteiger partial charge in [0.15, 0.2) is 0 Å². The molecule has 0 aromatic heterocycles. The van der Waals surface area contributed by atoms with Gasteiger partial charge in [0.1, 0.15) is 13.2 Å². The van der Waals surface area contributed by atoms with E-state index < -0.39 is 20.0 Å². The molecule has 0 saturated heterocycles. The third-order valence-corrected chi connectivity index (χ3v) is 9.37. The lowest BCUT2D eigenvalue weighted by Gasteiger charge is -2.29. The van der Waals surface area contributed by atoms with E-state index in [2.05, 4.69) is 31.3 Å². The molecule has 278 valence electrons. The second-order valence-corrected chi connectivity index (χ2v) is 15.7. The van der Waals surface area contributed by atoms with Gasteiger partial charge in [-0.2, -0.15) is 0 Å². The predicted octanol–water partition coefficient (Wildman–Crippen LogP) is 9.16. The van der Waals surface area contributed by atoms with Crippen LogP contribution in [0.2, 0.25) is 0 Å². The summed E-state index contributed by atoms with van der Waals surface area (Å²) in [6, 6.07) is -0.885. The van der Waals surface area contributed by atoms with Crippen LogP contribution in [0.4, 0.5) is 0 Å². The number of allylic oxidation sites excluding steroid dienone is 3. The largest absolute Gasteiger partial charge is 0.756 e. The van der Waals surface area contributed by atoms with Gasteiger partial charge >= 0.3 is 0 Å². The molecule has 0 saturated carbocycles. The minimum Gasteiger partial charge on any atom is -0.756 e. The van der Waals surface area contributed by atoms with E-state index in [4.69, 9.17) is 9.05 Å². The van der Waals surface area contributed by atoms with E-state index in [1.165, 1.54) is 89.9 Å². The highest BCUT2D eigenvalue weighted by Gasteiger charge is 2.23. The molecule has 3 atom stereocenters. The molecule has 0 fully saturated rings. The van der Waals surface area contributed by atoms with Gasteiger partial charge in [-0.15, -0.1) is 0 Å². The molecule has 0 aliphatic rings. The number of carbonyl (C=O) groups excluding carboxylic acids is 1. The number of carbonyl (C=O) groups is 1. The Morgan fingerprint density at radius 2 is 1.17 bits per heavy atom. The fourth-order valence-electron chi connectivity index (χ4n) is 5.26. The number of quaternary nitrogens is 1. The van der Waals surface area contributed by atoms with Crippen molar-refractivity contribution in [2.45, 2.75) is 174 Å². The SMILES string of the molecule is CCCCC/C=C\CCCCCCCC(=O)NC(COP(=O)([O-])OCC[N+](C)(C)C)C(O)/C=C/CCCCCCCCCCCCC. The summed E-state index contributed by atoms with van der Waals surface area (Å²) in [5, 5.41) is 13.7. The summed E-state index contributed by atoms with van der Waals surface area (Å²) in [7, 11) is 1.25. The van der Waals surface area contributed by atoms with E-state index in [1.54, 1.807) is 6.08 Å². The molecule has 0 spiro atoms. The van der Waals surface area contributed by atoms with Crippen LogP contribution in [-0.4, -0.2) is 68.5 Å². The first-order valence-corrected chi connectivity index (χ1v) is 20.7. The van der Waals surface area contributed by atoms with Crippen LogP contribution in [0.3, 0.4) is 0 Å². The van der Waals surface area contributed by atoms with Crippen molar-refractivity contribution in [3.05, 3.63) is 24.3 Å². The lowest BCUT2D eigenvalue weighted by atomic mass is 10.0. The van der Waals surface area contributed by atoms with Gasteiger partial charge in [0.2, 0.25) is 5.91 Å². The molecule has 0 rings (SSSR count). The van der Waals surface area contributed by atoms with Crippen molar-refractivity contribution >= 4 is 13.7 Å². The molecule has 0 aromatic rings. The first-order chi connectivity index (χ1) is 22.5. The van der Waals surface area contributed by atoms with Crippen LogP contribution in [0, 0.1) is 0 Å². The number of hydrogen-bond donors (Lipinski definition) is 2. The average molecular weight is 687 g/mol. The summed E-state index contributed by atoms with van der Waals surface area (Å²) in [5.41, 5.74) is 0. The molecular weight excluding hydrogens is 611 g/mol. The van der Waals surface area contributed by atoms with Crippen molar-refractivity contribution in [2.24, 2.45) is 0 Å². The van der Waals surface area contributed by atoms with E-state index >= 15 is 0 Å². The maximum absolute atomic E-state index is 12.7. The van der Waals surface area contributed by atoms with Crippen LogP contribution < -0.4 is 10.2 Å². The molecule has 0 aliphatic carbocycles. The fourth-order valence-corrected chi connectivity index (χ4v) is 5.99. The maximum Gasteiger partial charge on any atom is 0.268 e. The predicted molar refractivity (Wildman–Crippen MR) is 196 cm³/mol. The number of phosphoric acid groups is 1. The average Bonchev–Trinajstić information content (AvgIpc) is 3.01. The molecule has 0 radical (unpaired) electrons. The van der Waals surface area contributed by atoms with Crippen molar-refractivity contribution in [2.75, 3.05) is 40.9 Å². The van der Waals surface area contributed by atoms with Gasteiger partial charge in [0.25, 0.3) is 7.82 Å². The highest BCUT2D eigenvalue weighted by atomic mass is 31.2. The van der Waals surface area contributed by atoms with Crippen molar-refractivity contribution in [3.63, 3.8) is 0 Å². The van der Waals surface area contributed by atoms with E-state index in [9.17, 15) is 19.4 Å². The Labute approximate surface area is 290 Å². The van der Waals surface area contributed by atoms with Crippen molar-refractivity contribution < 1.29 is 32.9 Å². The number of likely N-dealkylation sites (N-methyl/N-ethyl adjacent to an activating group) is 1. The Morgan fingerprint density at radius 1 is 0.723 bits per heavy atom. The van der Waals surface area contributed by atoms with E-state index in [0.29, 0.717) is 17.4 Å². The summed E-state index contributed by atoms with van der Waals surface area (Å²) in [6.45, 7) is 4.58. The standard InChI is InChI=1S/C38H75N2O6P/c1-6-8-10-12-14-16-18-20-21-23-25-27-29-31-37(41)36(35-46-47(43,44)45-34-33-40(3,4)5)39-38(42)32-30-28-26-24-22-19-17-15-13-11-9-7-2/h15,17,29,31,36-37,41H,6-14,16,18-28,30,32-35H2,1-5H3,(H-,39,42,43,44)/b17-15-,31-29+. The molecule has 47 heavy (non-hydrogen) atoms. The highest BCUT2D eigenvalue weighted by molar-refractivity contribution is 7.45. The second-order valence-electron chi connectivity index (χ2n) is 14.3.